The number of nitrogens with zero attached hydrogens (tertiary/aromatic N) is 2. The van der Waals surface area contributed by atoms with Crippen LogP contribution in [0.25, 0.3) is 0 Å². The highest BCUT2D eigenvalue weighted by Gasteiger charge is 2.31. The topological polar surface area (TPSA) is 86.8 Å². The molecule has 42 heavy (non-hydrogen) atoms. The van der Waals surface area contributed by atoms with Crippen LogP contribution in [0.4, 0.5) is 10.1 Å². The summed E-state index contributed by atoms with van der Waals surface area (Å²) in [7, 11) is -3.70. The van der Waals surface area contributed by atoms with Gasteiger partial charge in [-0.3, -0.25) is 13.9 Å². The largest absolute Gasteiger partial charge is 0.354 e. The number of hydrogen-bond acceptors (Lipinski definition) is 4. The minimum absolute atomic E-state index is 0.00219. The van der Waals surface area contributed by atoms with Gasteiger partial charge in [0.1, 0.15) is 11.9 Å². The molecule has 0 aromatic heterocycles. The number of nitrogens with one attached hydrogen (secondary N) is 1. The van der Waals surface area contributed by atoms with Crippen LogP contribution in [0, 0.1) is 5.82 Å². The third-order valence-corrected chi connectivity index (χ3v) is 8.50. The number of benzene rings is 3. The summed E-state index contributed by atoms with van der Waals surface area (Å²) in [6.45, 7) is 2.56. The van der Waals surface area contributed by atoms with E-state index in [9.17, 15) is 22.4 Å². The van der Waals surface area contributed by atoms with Crippen molar-refractivity contribution in [2.75, 3.05) is 23.7 Å². The SMILES string of the molecule is CCCCNC(=O)C(Cc1ccccc1)N(Cc1ccc(Cl)cc1Cl)C(=O)CCCN(c1ccc(F)cc1)S(C)(=O)=O. The number of hydrogen-bond donors (Lipinski definition) is 1. The Labute approximate surface area is 257 Å². The van der Waals surface area contributed by atoms with Crippen molar-refractivity contribution in [3.63, 3.8) is 0 Å². The summed E-state index contributed by atoms with van der Waals surface area (Å²) in [5, 5.41) is 3.78. The van der Waals surface area contributed by atoms with E-state index in [0.29, 0.717) is 27.8 Å². The standard InChI is InChI=1S/C31H36Cl2FN3O4S/c1-3-4-18-35-31(39)29(20-23-9-6-5-7-10-23)36(22-24-12-13-25(32)21-28(24)33)30(38)11-8-19-37(42(2,40)41)27-16-14-26(34)15-17-27/h5-7,9-10,12-17,21,29H,3-4,8,11,18-20,22H2,1-2H3,(H,35,39). The summed E-state index contributed by atoms with van der Waals surface area (Å²) in [4.78, 5) is 28.9. The van der Waals surface area contributed by atoms with Gasteiger partial charge in [-0.15, -0.1) is 0 Å². The van der Waals surface area contributed by atoms with Crippen molar-refractivity contribution < 1.29 is 22.4 Å². The molecule has 0 saturated carbocycles. The maximum absolute atomic E-state index is 13.9. The highest BCUT2D eigenvalue weighted by molar-refractivity contribution is 7.92. The predicted octanol–water partition coefficient (Wildman–Crippen LogP) is 6.24. The lowest BCUT2D eigenvalue weighted by atomic mass is 10.0. The molecule has 0 bridgehead atoms. The summed E-state index contributed by atoms with van der Waals surface area (Å²) in [6, 6.07) is 18.7. The summed E-state index contributed by atoms with van der Waals surface area (Å²) < 4.78 is 39.6. The fraction of sp³-hybridized carbons (Fsp3) is 0.355. The molecule has 1 atom stereocenters. The molecule has 0 aliphatic rings. The molecular weight excluding hydrogens is 600 g/mol. The molecule has 3 aromatic rings. The molecule has 1 N–H and O–H groups in total. The Morgan fingerprint density at radius 3 is 2.29 bits per heavy atom. The van der Waals surface area contributed by atoms with Gasteiger partial charge in [0.05, 0.1) is 11.9 Å². The zero-order valence-electron chi connectivity index (χ0n) is 23.7. The Morgan fingerprint density at radius 1 is 0.976 bits per heavy atom. The van der Waals surface area contributed by atoms with Gasteiger partial charge < -0.3 is 10.2 Å². The third-order valence-electron chi connectivity index (χ3n) is 6.72. The number of unbranched alkanes of at least 4 members (excludes halogenated alkanes) is 1. The quantitative estimate of drug-likeness (QED) is 0.200. The van der Waals surface area contributed by atoms with Crippen molar-refractivity contribution >= 4 is 50.7 Å². The van der Waals surface area contributed by atoms with Crippen molar-refractivity contribution in [3.8, 4) is 0 Å². The van der Waals surface area contributed by atoms with E-state index in [1.165, 1.54) is 29.2 Å². The Bertz CT molecular complexity index is 1440. The molecule has 7 nitrogen and oxygen atoms in total. The van der Waals surface area contributed by atoms with Gasteiger partial charge in [0.2, 0.25) is 21.8 Å². The zero-order valence-corrected chi connectivity index (χ0v) is 26.1. The van der Waals surface area contributed by atoms with Gasteiger partial charge >= 0.3 is 0 Å². The number of halogens is 3. The Morgan fingerprint density at radius 2 is 1.67 bits per heavy atom. The molecule has 226 valence electrons. The molecule has 11 heteroatoms. The number of anilines is 1. The molecule has 0 spiro atoms. The predicted molar refractivity (Wildman–Crippen MR) is 167 cm³/mol. The van der Waals surface area contributed by atoms with E-state index in [1.54, 1.807) is 18.2 Å². The molecule has 3 rings (SSSR count). The molecule has 1 unspecified atom stereocenters. The molecule has 0 radical (unpaired) electrons. The van der Waals surface area contributed by atoms with E-state index >= 15 is 0 Å². The van der Waals surface area contributed by atoms with Gasteiger partial charge in [-0.2, -0.15) is 0 Å². The van der Waals surface area contributed by atoms with Crippen LogP contribution in [0.15, 0.2) is 72.8 Å². The second-order valence-corrected chi connectivity index (χ2v) is 12.8. The monoisotopic (exact) mass is 635 g/mol. The minimum Gasteiger partial charge on any atom is -0.354 e. The van der Waals surface area contributed by atoms with Gasteiger partial charge in [-0.1, -0.05) is 72.9 Å². The molecule has 0 aliphatic carbocycles. The second kappa shape index (κ2) is 15.9. The Hall–Kier alpha value is -3.14. The Kier molecular flexibility index (Phi) is 12.6. The van der Waals surface area contributed by atoms with E-state index in [1.807, 2.05) is 37.3 Å². The minimum atomic E-state index is -3.70. The van der Waals surface area contributed by atoms with Crippen LogP contribution in [-0.2, 0) is 32.6 Å². The molecule has 3 aromatic carbocycles. The van der Waals surface area contributed by atoms with E-state index in [0.717, 1.165) is 29.0 Å². The van der Waals surface area contributed by atoms with Crippen LogP contribution in [0.2, 0.25) is 10.0 Å². The van der Waals surface area contributed by atoms with Crippen molar-refractivity contribution in [1.29, 1.82) is 0 Å². The number of sulfonamides is 1. The van der Waals surface area contributed by atoms with Gasteiger partial charge in [-0.05, 0) is 60.4 Å². The zero-order chi connectivity index (χ0) is 30.7. The summed E-state index contributed by atoms with van der Waals surface area (Å²) in [5.74, 6) is -1.10. The smallest absolute Gasteiger partial charge is 0.243 e. The fourth-order valence-electron chi connectivity index (χ4n) is 4.50. The molecule has 0 fully saturated rings. The van der Waals surface area contributed by atoms with Crippen LogP contribution >= 0.6 is 23.2 Å². The average Bonchev–Trinajstić information content (AvgIpc) is 2.94. The Balaban J connectivity index is 1.89. The van der Waals surface area contributed by atoms with Crippen LogP contribution in [0.3, 0.4) is 0 Å². The highest BCUT2D eigenvalue weighted by Crippen LogP contribution is 2.25. The first-order valence-corrected chi connectivity index (χ1v) is 16.4. The lowest BCUT2D eigenvalue weighted by molar-refractivity contribution is -0.141. The maximum Gasteiger partial charge on any atom is 0.243 e. The number of carbonyl (C=O) groups is 2. The lowest BCUT2D eigenvalue weighted by Crippen LogP contribution is -2.50. The first-order chi connectivity index (χ1) is 20.0. The average molecular weight is 637 g/mol. The van der Waals surface area contributed by atoms with Gasteiger partial charge in [0, 0.05) is 42.5 Å². The van der Waals surface area contributed by atoms with Crippen LogP contribution in [-0.4, -0.2) is 50.5 Å². The lowest BCUT2D eigenvalue weighted by Gasteiger charge is -2.32. The van der Waals surface area contributed by atoms with Crippen LogP contribution in [0.5, 0.6) is 0 Å². The van der Waals surface area contributed by atoms with E-state index < -0.39 is 21.9 Å². The van der Waals surface area contributed by atoms with E-state index in [2.05, 4.69) is 5.32 Å². The molecule has 0 heterocycles. The first-order valence-electron chi connectivity index (χ1n) is 13.8. The van der Waals surface area contributed by atoms with Crippen molar-refractivity contribution in [3.05, 3.63) is 99.8 Å². The number of rotatable bonds is 15. The van der Waals surface area contributed by atoms with E-state index in [4.69, 9.17) is 23.2 Å². The van der Waals surface area contributed by atoms with Crippen molar-refractivity contribution in [2.45, 2.75) is 51.6 Å². The number of carbonyl (C=O) groups excluding carboxylic acids is 2. The summed E-state index contributed by atoms with van der Waals surface area (Å²) in [5.41, 5.74) is 1.80. The first kappa shape index (κ1) is 33.4. The van der Waals surface area contributed by atoms with Crippen molar-refractivity contribution in [1.82, 2.24) is 10.2 Å². The van der Waals surface area contributed by atoms with Crippen LogP contribution in [0.1, 0.15) is 43.7 Å². The third kappa shape index (κ3) is 10.00. The molecule has 2 amide bonds. The molecule has 0 saturated heterocycles. The van der Waals surface area contributed by atoms with E-state index in [-0.39, 0.29) is 44.2 Å². The second-order valence-electron chi connectivity index (χ2n) is 10.0. The maximum atomic E-state index is 13.9. The highest BCUT2D eigenvalue weighted by atomic mass is 35.5. The molecular formula is C31H36Cl2FN3O4S. The van der Waals surface area contributed by atoms with Crippen LogP contribution < -0.4 is 9.62 Å². The normalized spacial score (nSPS) is 12.0. The van der Waals surface area contributed by atoms with Gasteiger partial charge in [0.15, 0.2) is 0 Å². The molecule has 0 aliphatic heterocycles. The number of amides is 2. The summed E-state index contributed by atoms with van der Waals surface area (Å²) >= 11 is 12.6. The van der Waals surface area contributed by atoms with Gasteiger partial charge in [0.25, 0.3) is 0 Å². The van der Waals surface area contributed by atoms with Gasteiger partial charge in [-0.25, -0.2) is 12.8 Å². The van der Waals surface area contributed by atoms with Crippen molar-refractivity contribution in [2.24, 2.45) is 0 Å². The summed E-state index contributed by atoms with van der Waals surface area (Å²) in [6.07, 6.45) is 3.17. The fourth-order valence-corrected chi connectivity index (χ4v) is 5.94.